The van der Waals surface area contributed by atoms with Gasteiger partial charge < -0.3 is 9.64 Å². The summed E-state index contributed by atoms with van der Waals surface area (Å²) in [5.41, 5.74) is -0.944. The van der Waals surface area contributed by atoms with Crippen molar-refractivity contribution in [1.29, 1.82) is 0 Å². The van der Waals surface area contributed by atoms with Crippen LogP contribution in [0.4, 0.5) is 13.6 Å². The van der Waals surface area contributed by atoms with E-state index in [-0.39, 0.29) is 26.1 Å². The number of ether oxygens (including phenoxy) is 1. The number of hydrogen-bond acceptors (Lipinski definition) is 2. The number of halogens is 2. The van der Waals surface area contributed by atoms with Gasteiger partial charge in [0.1, 0.15) is 6.61 Å². The SMILES string of the molecule is C=CCOC(=O)N1CC2(CCC2(F)F)C1. The predicted octanol–water partition coefficient (Wildman–Crippen LogP) is 2.04. The van der Waals surface area contributed by atoms with Crippen molar-refractivity contribution in [3.63, 3.8) is 0 Å². The standard InChI is InChI=1S/C10H13F2NO2/c1-2-5-15-8(14)13-6-9(7-13)3-4-10(9,11)12/h2H,1,3-7H2. The van der Waals surface area contributed by atoms with Crippen LogP contribution in [-0.4, -0.2) is 36.6 Å². The maximum Gasteiger partial charge on any atom is 0.410 e. The molecule has 0 atom stereocenters. The number of amides is 1. The van der Waals surface area contributed by atoms with Gasteiger partial charge in [0.05, 0.1) is 5.41 Å². The lowest BCUT2D eigenvalue weighted by Gasteiger charge is -2.59. The molecule has 0 N–H and O–H groups in total. The van der Waals surface area contributed by atoms with E-state index in [1.54, 1.807) is 0 Å². The van der Waals surface area contributed by atoms with Crippen molar-refractivity contribution in [2.75, 3.05) is 19.7 Å². The molecule has 3 nitrogen and oxygen atoms in total. The number of alkyl halides is 2. The largest absolute Gasteiger partial charge is 0.445 e. The van der Waals surface area contributed by atoms with E-state index >= 15 is 0 Å². The maximum absolute atomic E-state index is 13.1. The maximum atomic E-state index is 13.1. The fourth-order valence-corrected chi connectivity index (χ4v) is 2.09. The highest BCUT2D eigenvalue weighted by Crippen LogP contribution is 2.58. The molecule has 2 aliphatic rings. The van der Waals surface area contributed by atoms with Gasteiger partial charge in [0.15, 0.2) is 0 Å². The van der Waals surface area contributed by atoms with Crippen LogP contribution in [0.5, 0.6) is 0 Å². The zero-order valence-electron chi connectivity index (χ0n) is 8.34. The lowest BCUT2D eigenvalue weighted by molar-refractivity contribution is -0.250. The Balaban J connectivity index is 1.83. The second-order valence-corrected chi connectivity index (χ2v) is 4.21. The summed E-state index contributed by atoms with van der Waals surface area (Å²) in [4.78, 5) is 12.6. The minimum absolute atomic E-state index is 0.0530. The Morgan fingerprint density at radius 3 is 2.53 bits per heavy atom. The minimum atomic E-state index is -2.60. The summed E-state index contributed by atoms with van der Waals surface area (Å²) in [5.74, 6) is -2.60. The lowest BCUT2D eigenvalue weighted by Crippen LogP contribution is -2.70. The molecule has 1 aliphatic carbocycles. The second kappa shape index (κ2) is 3.18. The first-order valence-corrected chi connectivity index (χ1v) is 4.91. The van der Waals surface area contributed by atoms with Gasteiger partial charge in [0.25, 0.3) is 5.92 Å². The lowest BCUT2D eigenvalue weighted by atomic mass is 9.60. The Kier molecular flexibility index (Phi) is 2.20. The van der Waals surface area contributed by atoms with Crippen LogP contribution in [-0.2, 0) is 4.74 Å². The van der Waals surface area contributed by atoms with E-state index in [0.29, 0.717) is 6.42 Å². The highest BCUT2D eigenvalue weighted by Gasteiger charge is 2.67. The van der Waals surface area contributed by atoms with Crippen molar-refractivity contribution in [2.24, 2.45) is 5.41 Å². The van der Waals surface area contributed by atoms with E-state index in [0.717, 1.165) is 0 Å². The molecule has 1 saturated carbocycles. The molecule has 0 aromatic heterocycles. The van der Waals surface area contributed by atoms with E-state index in [4.69, 9.17) is 4.74 Å². The van der Waals surface area contributed by atoms with Crippen molar-refractivity contribution in [2.45, 2.75) is 18.8 Å². The predicted molar refractivity (Wildman–Crippen MR) is 49.7 cm³/mol. The molecule has 2 rings (SSSR count). The fraction of sp³-hybridized carbons (Fsp3) is 0.700. The van der Waals surface area contributed by atoms with E-state index in [1.165, 1.54) is 11.0 Å². The van der Waals surface area contributed by atoms with Crippen molar-refractivity contribution in [3.05, 3.63) is 12.7 Å². The molecule has 84 valence electrons. The number of carbonyl (C=O) groups is 1. The molecule has 2 fully saturated rings. The monoisotopic (exact) mass is 217 g/mol. The van der Waals surface area contributed by atoms with Gasteiger partial charge in [-0.2, -0.15) is 0 Å². The first kappa shape index (κ1) is 10.4. The van der Waals surface area contributed by atoms with Gasteiger partial charge in [-0.05, 0) is 6.42 Å². The smallest absolute Gasteiger partial charge is 0.410 e. The molecule has 1 aliphatic heterocycles. The third-order valence-corrected chi connectivity index (χ3v) is 3.26. The highest BCUT2D eigenvalue weighted by atomic mass is 19.3. The summed E-state index contributed by atoms with van der Waals surface area (Å²) < 4.78 is 31.0. The van der Waals surface area contributed by atoms with Gasteiger partial charge in [-0.3, -0.25) is 0 Å². The second-order valence-electron chi connectivity index (χ2n) is 4.21. The average molecular weight is 217 g/mol. The summed E-state index contributed by atoms with van der Waals surface area (Å²) >= 11 is 0. The Hall–Kier alpha value is -1.13. The summed E-state index contributed by atoms with van der Waals surface area (Å²) in [7, 11) is 0. The molecule has 15 heavy (non-hydrogen) atoms. The van der Waals surface area contributed by atoms with Crippen LogP contribution in [0, 0.1) is 5.41 Å². The summed E-state index contributed by atoms with van der Waals surface area (Å²) in [5, 5.41) is 0. The molecule has 0 aromatic carbocycles. The Bertz CT molecular complexity index is 298. The Morgan fingerprint density at radius 2 is 2.13 bits per heavy atom. The first-order valence-electron chi connectivity index (χ1n) is 4.91. The number of rotatable bonds is 2. The molecule has 0 radical (unpaired) electrons. The van der Waals surface area contributed by atoms with Gasteiger partial charge in [-0.15, -0.1) is 0 Å². The van der Waals surface area contributed by atoms with Crippen molar-refractivity contribution >= 4 is 6.09 Å². The van der Waals surface area contributed by atoms with Crippen LogP contribution in [0.2, 0.25) is 0 Å². The van der Waals surface area contributed by atoms with Crippen molar-refractivity contribution in [3.8, 4) is 0 Å². The molecule has 1 saturated heterocycles. The normalized spacial score (nSPS) is 25.3. The molecule has 0 bridgehead atoms. The topological polar surface area (TPSA) is 29.5 Å². The van der Waals surface area contributed by atoms with Crippen LogP contribution < -0.4 is 0 Å². The number of likely N-dealkylation sites (tertiary alicyclic amines) is 1. The van der Waals surface area contributed by atoms with E-state index in [9.17, 15) is 13.6 Å². The number of carbonyl (C=O) groups excluding carboxylic acids is 1. The fourth-order valence-electron chi connectivity index (χ4n) is 2.09. The van der Waals surface area contributed by atoms with Crippen molar-refractivity contribution < 1.29 is 18.3 Å². The average Bonchev–Trinajstić information content (AvgIpc) is 2.11. The van der Waals surface area contributed by atoms with Gasteiger partial charge in [0, 0.05) is 19.5 Å². The summed E-state index contributed by atoms with van der Waals surface area (Å²) in [6.45, 7) is 3.76. The molecule has 0 unspecified atom stereocenters. The number of nitrogens with zero attached hydrogens (tertiary/aromatic N) is 1. The molecule has 5 heteroatoms. The van der Waals surface area contributed by atoms with Gasteiger partial charge >= 0.3 is 6.09 Å². The Labute approximate surface area is 86.7 Å². The van der Waals surface area contributed by atoms with Crippen LogP contribution in [0.25, 0.3) is 0 Å². The third kappa shape index (κ3) is 1.41. The molecular formula is C10H13F2NO2. The molecule has 1 heterocycles. The summed E-state index contributed by atoms with van der Waals surface area (Å²) in [6.07, 6.45) is 1.38. The molecule has 0 aromatic rings. The van der Waals surface area contributed by atoms with Crippen LogP contribution >= 0.6 is 0 Å². The molecule has 1 spiro atoms. The zero-order valence-corrected chi connectivity index (χ0v) is 8.34. The third-order valence-electron chi connectivity index (χ3n) is 3.26. The van der Waals surface area contributed by atoms with Crippen LogP contribution in [0.3, 0.4) is 0 Å². The molecular weight excluding hydrogens is 204 g/mol. The number of hydrogen-bond donors (Lipinski definition) is 0. The van der Waals surface area contributed by atoms with Crippen molar-refractivity contribution in [1.82, 2.24) is 4.90 Å². The first-order chi connectivity index (χ1) is 7.01. The zero-order chi connectivity index (χ0) is 11.1. The quantitative estimate of drug-likeness (QED) is 0.662. The van der Waals surface area contributed by atoms with Gasteiger partial charge in [0.2, 0.25) is 0 Å². The van der Waals surface area contributed by atoms with E-state index in [1.807, 2.05) is 0 Å². The van der Waals surface area contributed by atoms with Crippen LogP contribution in [0.1, 0.15) is 12.8 Å². The van der Waals surface area contributed by atoms with E-state index in [2.05, 4.69) is 6.58 Å². The van der Waals surface area contributed by atoms with Gasteiger partial charge in [-0.1, -0.05) is 12.7 Å². The molecule has 1 amide bonds. The minimum Gasteiger partial charge on any atom is -0.445 e. The van der Waals surface area contributed by atoms with Gasteiger partial charge in [-0.25, -0.2) is 13.6 Å². The van der Waals surface area contributed by atoms with E-state index < -0.39 is 17.4 Å². The van der Waals surface area contributed by atoms with Crippen LogP contribution in [0.15, 0.2) is 12.7 Å². The summed E-state index contributed by atoms with van der Waals surface area (Å²) in [6, 6.07) is 0. The Morgan fingerprint density at radius 1 is 1.47 bits per heavy atom. The highest BCUT2D eigenvalue weighted by molar-refractivity contribution is 5.69.